The fourth-order valence-electron chi connectivity index (χ4n) is 2.46. The highest BCUT2D eigenvalue weighted by Gasteiger charge is 2.09. The molecule has 0 heterocycles. The molecular weight excluding hydrogens is 270 g/mol. The SMILES string of the molecule is CC(C)c1ccc(C(=O)CN[C@@H](C)Cc2ccccc2)cc1. The first-order chi connectivity index (χ1) is 10.6. The van der Waals surface area contributed by atoms with E-state index >= 15 is 0 Å². The summed E-state index contributed by atoms with van der Waals surface area (Å²) in [6, 6.07) is 18.6. The number of carbonyl (C=O) groups excluding carboxylic acids is 1. The van der Waals surface area contributed by atoms with Crippen LogP contribution in [0.25, 0.3) is 0 Å². The molecular formula is C20H25NO. The molecule has 0 amide bonds. The smallest absolute Gasteiger partial charge is 0.176 e. The van der Waals surface area contributed by atoms with Crippen molar-refractivity contribution in [3.05, 3.63) is 71.3 Å². The summed E-state index contributed by atoms with van der Waals surface area (Å²) < 4.78 is 0. The van der Waals surface area contributed by atoms with Gasteiger partial charge in [0.25, 0.3) is 0 Å². The number of Topliss-reactive ketones (excluding diaryl/α,β-unsaturated/α-hetero) is 1. The molecule has 2 aromatic rings. The van der Waals surface area contributed by atoms with E-state index in [9.17, 15) is 4.79 Å². The lowest BCUT2D eigenvalue weighted by Gasteiger charge is -2.13. The summed E-state index contributed by atoms with van der Waals surface area (Å²) in [6.45, 7) is 6.81. The molecule has 0 aliphatic rings. The third kappa shape index (κ3) is 4.81. The number of hydrogen-bond acceptors (Lipinski definition) is 2. The molecule has 1 N–H and O–H groups in total. The first-order valence-corrected chi connectivity index (χ1v) is 7.96. The molecule has 0 saturated carbocycles. The van der Waals surface area contributed by atoms with E-state index < -0.39 is 0 Å². The third-order valence-corrected chi connectivity index (χ3v) is 3.90. The van der Waals surface area contributed by atoms with E-state index in [0.29, 0.717) is 12.5 Å². The molecule has 1 atom stereocenters. The summed E-state index contributed by atoms with van der Waals surface area (Å²) in [7, 11) is 0. The molecule has 2 nitrogen and oxygen atoms in total. The average Bonchev–Trinajstić information content (AvgIpc) is 2.53. The molecule has 2 rings (SSSR count). The van der Waals surface area contributed by atoms with E-state index in [-0.39, 0.29) is 11.8 Å². The van der Waals surface area contributed by atoms with Gasteiger partial charge in [0.1, 0.15) is 0 Å². The second-order valence-corrected chi connectivity index (χ2v) is 6.17. The zero-order chi connectivity index (χ0) is 15.9. The van der Waals surface area contributed by atoms with Crippen LogP contribution in [0.5, 0.6) is 0 Å². The van der Waals surface area contributed by atoms with Crippen LogP contribution in [0.15, 0.2) is 54.6 Å². The third-order valence-electron chi connectivity index (χ3n) is 3.90. The molecule has 0 aliphatic heterocycles. The second-order valence-electron chi connectivity index (χ2n) is 6.17. The van der Waals surface area contributed by atoms with Crippen LogP contribution in [0.4, 0.5) is 0 Å². The normalized spacial score (nSPS) is 12.4. The first-order valence-electron chi connectivity index (χ1n) is 7.96. The van der Waals surface area contributed by atoms with Crippen molar-refractivity contribution >= 4 is 5.78 Å². The molecule has 0 aliphatic carbocycles. The fourth-order valence-corrected chi connectivity index (χ4v) is 2.46. The standard InChI is InChI=1S/C20H25NO/c1-15(2)18-9-11-19(12-10-18)20(22)14-21-16(3)13-17-7-5-4-6-8-17/h4-12,15-16,21H,13-14H2,1-3H3/t16-/m0/s1. The van der Waals surface area contributed by atoms with Crippen LogP contribution < -0.4 is 5.32 Å². The Morgan fingerprint density at radius 1 is 0.955 bits per heavy atom. The molecule has 0 fully saturated rings. The van der Waals surface area contributed by atoms with Crippen LogP contribution >= 0.6 is 0 Å². The minimum absolute atomic E-state index is 0.148. The predicted octanol–water partition coefficient (Wildman–Crippen LogP) is 4.21. The molecule has 0 aromatic heterocycles. The van der Waals surface area contributed by atoms with Crippen LogP contribution in [0.3, 0.4) is 0 Å². The summed E-state index contributed by atoms with van der Waals surface area (Å²) in [5.41, 5.74) is 3.34. The van der Waals surface area contributed by atoms with Gasteiger partial charge in [0, 0.05) is 11.6 Å². The number of ketones is 1. The zero-order valence-electron chi connectivity index (χ0n) is 13.7. The summed E-state index contributed by atoms with van der Waals surface area (Å²) in [4.78, 5) is 12.2. The Morgan fingerprint density at radius 2 is 1.59 bits per heavy atom. The van der Waals surface area contributed by atoms with E-state index in [0.717, 1.165) is 12.0 Å². The maximum atomic E-state index is 12.2. The topological polar surface area (TPSA) is 29.1 Å². The van der Waals surface area contributed by atoms with Crippen LogP contribution in [-0.2, 0) is 6.42 Å². The number of carbonyl (C=O) groups is 1. The Balaban J connectivity index is 1.84. The second kappa shape index (κ2) is 7.90. The van der Waals surface area contributed by atoms with Crippen molar-refractivity contribution in [1.29, 1.82) is 0 Å². The number of nitrogens with one attached hydrogen (secondary N) is 1. The van der Waals surface area contributed by atoms with Gasteiger partial charge in [0.2, 0.25) is 0 Å². The highest BCUT2D eigenvalue weighted by molar-refractivity contribution is 5.97. The number of benzene rings is 2. The molecule has 0 radical (unpaired) electrons. The zero-order valence-corrected chi connectivity index (χ0v) is 13.7. The van der Waals surface area contributed by atoms with Crippen LogP contribution in [-0.4, -0.2) is 18.4 Å². The van der Waals surface area contributed by atoms with Gasteiger partial charge < -0.3 is 5.32 Å². The van der Waals surface area contributed by atoms with Crippen LogP contribution in [0.2, 0.25) is 0 Å². The molecule has 0 bridgehead atoms. The molecule has 0 spiro atoms. The minimum atomic E-state index is 0.148. The number of hydrogen-bond donors (Lipinski definition) is 1. The fraction of sp³-hybridized carbons (Fsp3) is 0.350. The monoisotopic (exact) mass is 295 g/mol. The Hall–Kier alpha value is -1.93. The van der Waals surface area contributed by atoms with Crippen LogP contribution in [0.1, 0.15) is 48.2 Å². The highest BCUT2D eigenvalue weighted by Crippen LogP contribution is 2.14. The molecule has 0 unspecified atom stereocenters. The Labute approximate surface area is 133 Å². The van der Waals surface area contributed by atoms with E-state index in [1.807, 2.05) is 42.5 Å². The molecule has 2 aromatic carbocycles. The largest absolute Gasteiger partial charge is 0.307 e. The van der Waals surface area contributed by atoms with Gasteiger partial charge in [0.15, 0.2) is 5.78 Å². The van der Waals surface area contributed by atoms with Gasteiger partial charge in [-0.2, -0.15) is 0 Å². The van der Waals surface area contributed by atoms with Gasteiger partial charge in [-0.1, -0.05) is 68.4 Å². The number of rotatable bonds is 7. The minimum Gasteiger partial charge on any atom is -0.307 e. The quantitative estimate of drug-likeness (QED) is 0.775. The maximum absolute atomic E-state index is 12.2. The lowest BCUT2D eigenvalue weighted by atomic mass is 10.0. The summed E-state index contributed by atoms with van der Waals surface area (Å²) in [5.74, 6) is 0.642. The van der Waals surface area contributed by atoms with Gasteiger partial charge >= 0.3 is 0 Å². The summed E-state index contributed by atoms with van der Waals surface area (Å²) in [5, 5.41) is 3.32. The van der Waals surface area contributed by atoms with Crippen molar-refractivity contribution in [3.63, 3.8) is 0 Å². The van der Waals surface area contributed by atoms with Crippen LogP contribution in [0, 0.1) is 0 Å². The average molecular weight is 295 g/mol. The summed E-state index contributed by atoms with van der Waals surface area (Å²) >= 11 is 0. The highest BCUT2D eigenvalue weighted by atomic mass is 16.1. The van der Waals surface area contributed by atoms with E-state index in [4.69, 9.17) is 0 Å². The van der Waals surface area contributed by atoms with Crippen molar-refractivity contribution in [3.8, 4) is 0 Å². The Morgan fingerprint density at radius 3 is 2.18 bits per heavy atom. The Bertz CT molecular complexity index is 587. The van der Waals surface area contributed by atoms with Crippen molar-refractivity contribution in [2.24, 2.45) is 0 Å². The van der Waals surface area contributed by atoms with E-state index in [1.165, 1.54) is 11.1 Å². The van der Waals surface area contributed by atoms with E-state index in [1.54, 1.807) is 0 Å². The molecule has 22 heavy (non-hydrogen) atoms. The molecule has 0 saturated heterocycles. The van der Waals surface area contributed by atoms with Gasteiger partial charge in [-0.05, 0) is 30.4 Å². The lowest BCUT2D eigenvalue weighted by molar-refractivity contribution is 0.0987. The first kappa shape index (κ1) is 16.4. The molecule has 2 heteroatoms. The predicted molar refractivity (Wildman–Crippen MR) is 92.5 cm³/mol. The molecule has 116 valence electrons. The maximum Gasteiger partial charge on any atom is 0.176 e. The van der Waals surface area contributed by atoms with Gasteiger partial charge in [-0.3, -0.25) is 4.79 Å². The Kier molecular flexibility index (Phi) is 5.91. The van der Waals surface area contributed by atoms with Gasteiger partial charge in [-0.25, -0.2) is 0 Å². The van der Waals surface area contributed by atoms with Crippen molar-refractivity contribution < 1.29 is 4.79 Å². The summed E-state index contributed by atoms with van der Waals surface area (Å²) in [6.07, 6.45) is 0.931. The van der Waals surface area contributed by atoms with Gasteiger partial charge in [0.05, 0.1) is 6.54 Å². The van der Waals surface area contributed by atoms with Gasteiger partial charge in [-0.15, -0.1) is 0 Å². The van der Waals surface area contributed by atoms with Crippen molar-refractivity contribution in [2.45, 2.75) is 39.2 Å². The van der Waals surface area contributed by atoms with Crippen molar-refractivity contribution in [1.82, 2.24) is 5.32 Å². The van der Waals surface area contributed by atoms with E-state index in [2.05, 4.69) is 38.2 Å². The lowest BCUT2D eigenvalue weighted by Crippen LogP contribution is -2.33. The van der Waals surface area contributed by atoms with Crippen molar-refractivity contribution in [2.75, 3.05) is 6.54 Å².